The van der Waals surface area contributed by atoms with Crippen LogP contribution in [0.2, 0.25) is 5.02 Å². The quantitative estimate of drug-likeness (QED) is 0.709. The molecule has 2 N–H and O–H groups in total. The lowest BCUT2D eigenvalue weighted by atomic mass is 10.1. The number of amides is 1. The maximum atomic E-state index is 11.7. The molecule has 0 aliphatic heterocycles. The highest BCUT2D eigenvalue weighted by Crippen LogP contribution is 2.31. The van der Waals surface area contributed by atoms with Crippen LogP contribution < -0.4 is 10.5 Å². The molecule has 0 unspecified atom stereocenters. The second kappa shape index (κ2) is 7.41. The van der Waals surface area contributed by atoms with E-state index in [0.29, 0.717) is 5.75 Å². The topological polar surface area (TPSA) is 81.3 Å². The van der Waals surface area contributed by atoms with Gasteiger partial charge in [-0.3, -0.25) is 4.79 Å². The maximum Gasteiger partial charge on any atom is 0.246 e. The van der Waals surface area contributed by atoms with Gasteiger partial charge in [-0.1, -0.05) is 29.8 Å². The van der Waals surface area contributed by atoms with Crippen LogP contribution in [0.25, 0.3) is 16.8 Å². The third kappa shape index (κ3) is 3.92. The normalized spacial score (nSPS) is 11.0. The first-order chi connectivity index (χ1) is 12.4. The average Bonchev–Trinajstić information content (AvgIpc) is 2.63. The predicted octanol–water partition coefficient (Wildman–Crippen LogP) is 3.76. The molecule has 0 fully saturated rings. The van der Waals surface area contributed by atoms with E-state index in [1.165, 1.54) is 17.3 Å². The summed E-state index contributed by atoms with van der Waals surface area (Å²) in [6.07, 6.45) is 4.60. The number of likely N-dealkylation sites (N-methyl/N-ethyl adjacent to an activating group) is 1. The number of fused-ring (bicyclic) bond motifs is 1. The van der Waals surface area contributed by atoms with E-state index in [-0.39, 0.29) is 22.6 Å². The number of benzene rings is 2. The van der Waals surface area contributed by atoms with E-state index in [0.717, 1.165) is 16.3 Å². The summed E-state index contributed by atoms with van der Waals surface area (Å²) in [7, 11) is 3.42. The van der Waals surface area contributed by atoms with Gasteiger partial charge in [-0.2, -0.15) is 4.98 Å². The molecule has 0 radical (unpaired) electrons. The van der Waals surface area contributed by atoms with Crippen LogP contribution in [0.15, 0.2) is 48.8 Å². The maximum absolute atomic E-state index is 11.7. The van der Waals surface area contributed by atoms with Crippen molar-refractivity contribution < 1.29 is 9.53 Å². The molecule has 0 aliphatic carbocycles. The Balaban J connectivity index is 1.89. The number of halogens is 1. The summed E-state index contributed by atoms with van der Waals surface area (Å²) in [4.78, 5) is 21.0. The molecule has 3 aromatic rings. The van der Waals surface area contributed by atoms with Gasteiger partial charge in [0.25, 0.3) is 0 Å². The zero-order valence-electron chi connectivity index (χ0n) is 14.3. The van der Waals surface area contributed by atoms with E-state index >= 15 is 0 Å². The van der Waals surface area contributed by atoms with Crippen LogP contribution in [-0.2, 0) is 4.79 Å². The van der Waals surface area contributed by atoms with Crippen molar-refractivity contribution in [2.75, 3.05) is 19.8 Å². The highest BCUT2D eigenvalue weighted by Gasteiger charge is 2.09. The number of carbonyl (C=O) groups excluding carboxylic acids is 1. The lowest BCUT2D eigenvalue weighted by molar-refractivity contribution is -0.123. The van der Waals surface area contributed by atoms with Gasteiger partial charge < -0.3 is 15.4 Å². The standard InChI is InChI=1S/C19H17ClN4O2/c1-24(2)16(25)8-4-12-3-5-13-6-7-15(10-14(13)9-12)26-19-17(20)18(21)22-11-23-19/h3-11H,1-2H3,(H2,21,22,23)/b8-4+. The molecular weight excluding hydrogens is 352 g/mol. The molecule has 7 heteroatoms. The molecule has 0 aliphatic rings. The molecule has 0 bridgehead atoms. The van der Waals surface area contributed by atoms with Gasteiger partial charge in [0.1, 0.15) is 22.9 Å². The van der Waals surface area contributed by atoms with Gasteiger partial charge in [-0.05, 0) is 40.6 Å². The summed E-state index contributed by atoms with van der Waals surface area (Å²) in [6.45, 7) is 0. The molecule has 6 nitrogen and oxygen atoms in total. The Morgan fingerprint density at radius 1 is 1.15 bits per heavy atom. The second-order valence-corrected chi connectivity index (χ2v) is 6.19. The number of anilines is 1. The number of nitrogens with two attached hydrogens (primary N) is 1. The molecule has 0 saturated heterocycles. The predicted molar refractivity (Wildman–Crippen MR) is 103 cm³/mol. The van der Waals surface area contributed by atoms with Crippen molar-refractivity contribution in [3.05, 3.63) is 59.4 Å². The van der Waals surface area contributed by atoms with Crippen molar-refractivity contribution in [2.24, 2.45) is 0 Å². The van der Waals surface area contributed by atoms with Crippen LogP contribution >= 0.6 is 11.6 Å². The summed E-state index contributed by atoms with van der Waals surface area (Å²) < 4.78 is 5.73. The third-order valence-corrected chi connectivity index (χ3v) is 4.05. The fraction of sp³-hybridized carbons (Fsp3) is 0.105. The third-order valence-electron chi connectivity index (χ3n) is 3.69. The Kier molecular flexibility index (Phi) is 5.04. The Labute approximate surface area is 155 Å². The SMILES string of the molecule is CN(C)C(=O)/C=C/c1ccc2ccc(Oc3ncnc(N)c3Cl)cc2c1. The lowest BCUT2D eigenvalue weighted by Crippen LogP contribution is -2.18. The van der Waals surface area contributed by atoms with Gasteiger partial charge in [0.2, 0.25) is 11.8 Å². The number of aromatic nitrogens is 2. The molecule has 1 heterocycles. The van der Waals surface area contributed by atoms with Crippen LogP contribution in [-0.4, -0.2) is 34.9 Å². The van der Waals surface area contributed by atoms with E-state index in [1.54, 1.807) is 20.2 Å². The summed E-state index contributed by atoms with van der Waals surface area (Å²) in [6, 6.07) is 11.5. The Morgan fingerprint density at radius 3 is 2.69 bits per heavy atom. The first-order valence-electron chi connectivity index (χ1n) is 7.81. The van der Waals surface area contributed by atoms with Crippen molar-refractivity contribution in [1.82, 2.24) is 14.9 Å². The molecule has 3 rings (SSSR count). The Hall–Kier alpha value is -3.12. The Bertz CT molecular complexity index is 1000. The van der Waals surface area contributed by atoms with Gasteiger partial charge in [-0.25, -0.2) is 4.98 Å². The second-order valence-electron chi connectivity index (χ2n) is 5.81. The van der Waals surface area contributed by atoms with Gasteiger partial charge >= 0.3 is 0 Å². The molecule has 1 aromatic heterocycles. The van der Waals surface area contributed by atoms with Crippen LogP contribution in [0, 0.1) is 0 Å². The minimum absolute atomic E-state index is 0.0711. The van der Waals surface area contributed by atoms with Crippen LogP contribution in [0.4, 0.5) is 5.82 Å². The molecule has 26 heavy (non-hydrogen) atoms. The molecule has 1 amide bonds. The highest BCUT2D eigenvalue weighted by molar-refractivity contribution is 6.34. The summed E-state index contributed by atoms with van der Waals surface area (Å²) in [5.41, 5.74) is 6.57. The highest BCUT2D eigenvalue weighted by atomic mass is 35.5. The minimum atomic E-state index is -0.0711. The first kappa shape index (κ1) is 17.7. The van der Waals surface area contributed by atoms with Gasteiger partial charge in [0.05, 0.1) is 0 Å². The van der Waals surface area contributed by atoms with E-state index in [9.17, 15) is 4.79 Å². The zero-order chi connectivity index (χ0) is 18.7. The number of ether oxygens (including phenoxy) is 1. The van der Waals surface area contributed by atoms with Crippen LogP contribution in [0.3, 0.4) is 0 Å². The number of carbonyl (C=O) groups is 1. The van der Waals surface area contributed by atoms with Gasteiger partial charge in [0, 0.05) is 20.2 Å². The van der Waals surface area contributed by atoms with Crippen LogP contribution in [0.1, 0.15) is 5.56 Å². The first-order valence-corrected chi connectivity index (χ1v) is 8.19. The summed E-state index contributed by atoms with van der Waals surface area (Å²) in [5, 5.41) is 2.17. The summed E-state index contributed by atoms with van der Waals surface area (Å²) in [5.74, 6) is 0.864. The fourth-order valence-electron chi connectivity index (χ4n) is 2.28. The smallest absolute Gasteiger partial charge is 0.246 e. The van der Waals surface area contributed by atoms with Crippen molar-refractivity contribution in [3.63, 3.8) is 0 Å². The van der Waals surface area contributed by atoms with E-state index in [2.05, 4.69) is 9.97 Å². The molecule has 0 spiro atoms. The van der Waals surface area contributed by atoms with Crippen LogP contribution in [0.5, 0.6) is 11.6 Å². The Morgan fingerprint density at radius 2 is 1.92 bits per heavy atom. The molecular formula is C19H17ClN4O2. The molecule has 132 valence electrons. The van der Waals surface area contributed by atoms with E-state index in [4.69, 9.17) is 22.1 Å². The molecule has 0 saturated carbocycles. The number of nitrogens with zero attached hydrogens (tertiary/aromatic N) is 3. The largest absolute Gasteiger partial charge is 0.437 e. The molecule has 2 aromatic carbocycles. The minimum Gasteiger partial charge on any atom is -0.437 e. The number of hydrogen-bond acceptors (Lipinski definition) is 5. The van der Waals surface area contributed by atoms with Gasteiger partial charge in [0.15, 0.2) is 0 Å². The van der Waals surface area contributed by atoms with E-state index < -0.39 is 0 Å². The number of hydrogen-bond donors (Lipinski definition) is 1. The average molecular weight is 369 g/mol. The van der Waals surface area contributed by atoms with Crippen molar-refractivity contribution in [2.45, 2.75) is 0 Å². The van der Waals surface area contributed by atoms with Crippen molar-refractivity contribution >= 4 is 40.2 Å². The summed E-state index contributed by atoms with van der Waals surface area (Å²) >= 11 is 6.06. The monoisotopic (exact) mass is 368 g/mol. The lowest BCUT2D eigenvalue weighted by Gasteiger charge is -2.08. The van der Waals surface area contributed by atoms with Gasteiger partial charge in [-0.15, -0.1) is 0 Å². The number of rotatable bonds is 4. The van der Waals surface area contributed by atoms with Crippen molar-refractivity contribution in [1.29, 1.82) is 0 Å². The zero-order valence-corrected chi connectivity index (χ0v) is 15.1. The molecule has 0 atom stereocenters. The van der Waals surface area contributed by atoms with E-state index in [1.807, 2.05) is 36.4 Å². The number of nitrogen functional groups attached to an aromatic ring is 1. The fourth-order valence-corrected chi connectivity index (χ4v) is 2.41. The van der Waals surface area contributed by atoms with Crippen molar-refractivity contribution in [3.8, 4) is 11.6 Å².